The second kappa shape index (κ2) is 4.24. The third-order valence-corrected chi connectivity index (χ3v) is 2.04. The van der Waals surface area contributed by atoms with E-state index in [1.165, 1.54) is 0 Å². The third-order valence-electron chi connectivity index (χ3n) is 1.80. The Balaban J connectivity index is 3.09. The van der Waals surface area contributed by atoms with Crippen molar-refractivity contribution in [3.05, 3.63) is 39.9 Å². The molecular weight excluding hydrogens is 184 g/mol. The maximum absolute atomic E-state index is 10.4. The van der Waals surface area contributed by atoms with Crippen LogP contribution in [0, 0.1) is 6.92 Å². The summed E-state index contributed by atoms with van der Waals surface area (Å²) in [6.07, 6.45) is 2.69. The van der Waals surface area contributed by atoms with Crippen molar-refractivity contribution in [2.75, 3.05) is 0 Å². The Hall–Kier alpha value is -1.08. The Bertz CT molecular complexity index is 353. The molecule has 1 aromatic rings. The van der Waals surface area contributed by atoms with Crippen molar-refractivity contribution < 1.29 is 4.79 Å². The Morgan fingerprint density at radius 2 is 2.15 bits per heavy atom. The van der Waals surface area contributed by atoms with Crippen molar-refractivity contribution in [1.82, 2.24) is 0 Å². The summed E-state index contributed by atoms with van der Waals surface area (Å²) >= 11 is 5.80. The molecule has 0 heterocycles. The molecule has 0 radical (unpaired) electrons. The third kappa shape index (κ3) is 2.71. The fourth-order valence-corrected chi connectivity index (χ4v) is 1.31. The number of hydrogen-bond donors (Lipinski definition) is 0. The largest absolute Gasteiger partial charge is 0.298 e. The summed E-state index contributed by atoms with van der Waals surface area (Å²) in [7, 11) is 0. The van der Waals surface area contributed by atoms with Gasteiger partial charge >= 0.3 is 0 Å². The van der Waals surface area contributed by atoms with Crippen LogP contribution in [0.1, 0.15) is 18.1 Å². The highest BCUT2D eigenvalue weighted by Gasteiger charge is 1.96. The maximum Gasteiger partial charge on any atom is 0.145 e. The molecule has 1 aromatic carbocycles. The summed E-state index contributed by atoms with van der Waals surface area (Å²) in [5, 5.41) is 0.721. The smallest absolute Gasteiger partial charge is 0.145 e. The van der Waals surface area contributed by atoms with Gasteiger partial charge in [0.1, 0.15) is 6.29 Å². The highest BCUT2D eigenvalue weighted by Crippen LogP contribution is 2.17. The van der Waals surface area contributed by atoms with Gasteiger partial charge in [-0.2, -0.15) is 0 Å². The van der Waals surface area contributed by atoms with E-state index in [0.29, 0.717) is 5.57 Å². The minimum atomic E-state index is 0.713. The lowest BCUT2D eigenvalue weighted by Crippen LogP contribution is -1.82. The molecule has 0 aromatic heterocycles. The van der Waals surface area contributed by atoms with E-state index in [4.69, 9.17) is 11.6 Å². The number of aryl methyl sites for hydroxylation is 1. The van der Waals surface area contributed by atoms with Crippen LogP contribution in [0.3, 0.4) is 0 Å². The van der Waals surface area contributed by atoms with E-state index in [2.05, 4.69) is 0 Å². The Morgan fingerprint density at radius 3 is 2.69 bits per heavy atom. The van der Waals surface area contributed by atoms with E-state index in [0.717, 1.165) is 22.4 Å². The van der Waals surface area contributed by atoms with Gasteiger partial charge in [-0.15, -0.1) is 0 Å². The molecule has 0 saturated heterocycles. The average Bonchev–Trinajstić information content (AvgIpc) is 2.09. The van der Waals surface area contributed by atoms with Crippen LogP contribution in [-0.2, 0) is 4.79 Å². The average molecular weight is 195 g/mol. The van der Waals surface area contributed by atoms with Gasteiger partial charge in [0.15, 0.2) is 0 Å². The number of allylic oxidation sites excluding steroid dienone is 1. The lowest BCUT2D eigenvalue weighted by atomic mass is 10.1. The van der Waals surface area contributed by atoms with Crippen LogP contribution < -0.4 is 0 Å². The van der Waals surface area contributed by atoms with Crippen molar-refractivity contribution in [3.63, 3.8) is 0 Å². The van der Waals surface area contributed by atoms with Gasteiger partial charge in [-0.05, 0) is 48.8 Å². The predicted molar refractivity (Wildman–Crippen MR) is 55.9 cm³/mol. The SMILES string of the molecule is C/C(C=O)=C/c1ccc(Cl)cc1C. The van der Waals surface area contributed by atoms with Crippen LogP contribution in [0.5, 0.6) is 0 Å². The molecule has 0 atom stereocenters. The zero-order chi connectivity index (χ0) is 9.84. The zero-order valence-corrected chi connectivity index (χ0v) is 8.43. The number of carbonyl (C=O) groups excluding carboxylic acids is 1. The highest BCUT2D eigenvalue weighted by molar-refractivity contribution is 6.30. The molecule has 68 valence electrons. The van der Waals surface area contributed by atoms with Crippen LogP contribution in [0.15, 0.2) is 23.8 Å². The zero-order valence-electron chi connectivity index (χ0n) is 7.67. The second-order valence-electron chi connectivity index (χ2n) is 3.01. The van der Waals surface area contributed by atoms with E-state index in [-0.39, 0.29) is 0 Å². The Kier molecular flexibility index (Phi) is 3.26. The standard InChI is InChI=1S/C11H11ClO/c1-8(7-13)5-10-3-4-11(12)6-9(10)2/h3-7H,1-2H3/b8-5-. The van der Waals surface area contributed by atoms with Crippen molar-refractivity contribution in [2.45, 2.75) is 13.8 Å². The molecule has 0 aliphatic carbocycles. The van der Waals surface area contributed by atoms with Crippen molar-refractivity contribution in [2.24, 2.45) is 0 Å². The van der Waals surface area contributed by atoms with Crippen molar-refractivity contribution in [1.29, 1.82) is 0 Å². The van der Waals surface area contributed by atoms with Crippen molar-refractivity contribution in [3.8, 4) is 0 Å². The fourth-order valence-electron chi connectivity index (χ4n) is 1.08. The lowest BCUT2D eigenvalue weighted by molar-refractivity contribution is -0.104. The molecule has 1 nitrogen and oxygen atoms in total. The summed E-state index contributed by atoms with van der Waals surface area (Å²) in [6.45, 7) is 3.75. The van der Waals surface area contributed by atoms with Crippen LogP contribution in [0.25, 0.3) is 6.08 Å². The van der Waals surface area contributed by atoms with Gasteiger partial charge in [0.2, 0.25) is 0 Å². The molecule has 0 amide bonds. The molecule has 13 heavy (non-hydrogen) atoms. The summed E-state index contributed by atoms with van der Waals surface area (Å²) < 4.78 is 0. The topological polar surface area (TPSA) is 17.1 Å². The molecule has 0 fully saturated rings. The first-order valence-electron chi connectivity index (χ1n) is 4.03. The molecular formula is C11H11ClO. The Labute approximate surface area is 83.0 Å². The van der Waals surface area contributed by atoms with Gasteiger partial charge in [0, 0.05) is 5.02 Å². The molecule has 0 bridgehead atoms. The minimum Gasteiger partial charge on any atom is -0.298 e. The Morgan fingerprint density at radius 1 is 1.46 bits per heavy atom. The summed E-state index contributed by atoms with van der Waals surface area (Å²) in [4.78, 5) is 10.4. The van der Waals surface area contributed by atoms with Gasteiger partial charge in [-0.3, -0.25) is 4.79 Å². The molecule has 1 rings (SSSR count). The number of hydrogen-bond acceptors (Lipinski definition) is 1. The normalized spacial score (nSPS) is 11.5. The molecule has 2 heteroatoms. The first-order valence-corrected chi connectivity index (χ1v) is 4.41. The van der Waals surface area contributed by atoms with Gasteiger partial charge in [-0.1, -0.05) is 17.7 Å². The van der Waals surface area contributed by atoms with Crippen molar-refractivity contribution >= 4 is 24.0 Å². The van der Waals surface area contributed by atoms with E-state index in [9.17, 15) is 4.79 Å². The van der Waals surface area contributed by atoms with Crippen LogP contribution in [0.2, 0.25) is 5.02 Å². The monoisotopic (exact) mass is 194 g/mol. The van der Waals surface area contributed by atoms with E-state index in [1.807, 2.05) is 31.2 Å². The molecule has 0 N–H and O–H groups in total. The molecule has 0 aliphatic rings. The highest BCUT2D eigenvalue weighted by atomic mass is 35.5. The molecule has 0 aliphatic heterocycles. The summed E-state index contributed by atoms with van der Waals surface area (Å²) in [5.41, 5.74) is 2.83. The molecule has 0 unspecified atom stereocenters. The fraction of sp³-hybridized carbons (Fsp3) is 0.182. The van der Waals surface area contributed by atoms with Gasteiger partial charge in [-0.25, -0.2) is 0 Å². The van der Waals surface area contributed by atoms with E-state index >= 15 is 0 Å². The van der Waals surface area contributed by atoms with Crippen LogP contribution in [-0.4, -0.2) is 6.29 Å². The van der Waals surface area contributed by atoms with E-state index in [1.54, 1.807) is 6.92 Å². The summed E-state index contributed by atoms with van der Waals surface area (Å²) in [5.74, 6) is 0. The second-order valence-corrected chi connectivity index (χ2v) is 3.44. The number of rotatable bonds is 2. The number of carbonyl (C=O) groups is 1. The van der Waals surface area contributed by atoms with Crippen LogP contribution >= 0.6 is 11.6 Å². The van der Waals surface area contributed by atoms with Crippen LogP contribution in [0.4, 0.5) is 0 Å². The first kappa shape index (κ1) is 10.0. The minimum absolute atomic E-state index is 0.713. The van der Waals surface area contributed by atoms with E-state index < -0.39 is 0 Å². The lowest BCUT2D eigenvalue weighted by Gasteiger charge is -2.00. The molecule has 0 saturated carbocycles. The number of aldehydes is 1. The summed E-state index contributed by atoms with van der Waals surface area (Å²) in [6, 6.07) is 5.61. The number of benzene rings is 1. The van der Waals surface area contributed by atoms with Gasteiger partial charge < -0.3 is 0 Å². The molecule has 0 spiro atoms. The van der Waals surface area contributed by atoms with Gasteiger partial charge in [0.25, 0.3) is 0 Å². The number of halogens is 1. The first-order chi connectivity index (χ1) is 6.13. The predicted octanol–water partition coefficient (Wildman–Crippen LogP) is 3.25. The van der Waals surface area contributed by atoms with Gasteiger partial charge in [0.05, 0.1) is 0 Å². The maximum atomic E-state index is 10.4. The quantitative estimate of drug-likeness (QED) is 0.522.